The number of carbonyl (C=O) groups excluding carboxylic acids is 1. The lowest BCUT2D eigenvalue weighted by atomic mass is 10.2. The molecule has 1 amide bonds. The summed E-state index contributed by atoms with van der Waals surface area (Å²) in [6.07, 6.45) is 4.78. The molecule has 2 N–H and O–H groups in total. The van der Waals surface area contributed by atoms with Crippen LogP contribution in [0.4, 0.5) is 5.69 Å². The Balaban J connectivity index is 1.84. The number of pyridine rings is 1. The number of anilines is 1. The first kappa shape index (κ1) is 14.9. The maximum Gasteiger partial charge on any atom is 0.251 e. The normalized spacial score (nSPS) is 11.2. The Kier molecular flexibility index (Phi) is 4.44. The summed E-state index contributed by atoms with van der Waals surface area (Å²) in [7, 11) is 0. The number of hydrogen-bond donors (Lipinski definition) is 2. The van der Waals surface area contributed by atoms with Gasteiger partial charge in [0.05, 0.1) is 12.3 Å². The van der Waals surface area contributed by atoms with E-state index in [1.54, 1.807) is 12.3 Å². The second-order valence-corrected chi connectivity index (χ2v) is 4.89. The predicted octanol–water partition coefficient (Wildman–Crippen LogP) is 2.00. The first-order valence-corrected chi connectivity index (χ1v) is 7.24. The fourth-order valence-corrected chi connectivity index (χ4v) is 2.32. The first-order chi connectivity index (χ1) is 11.3. The van der Waals surface area contributed by atoms with Gasteiger partial charge in [-0.2, -0.15) is 5.10 Å². The fourth-order valence-electron chi connectivity index (χ4n) is 2.32. The van der Waals surface area contributed by atoms with E-state index in [0.717, 1.165) is 11.1 Å². The lowest BCUT2D eigenvalue weighted by molar-refractivity contribution is -0.114. The second kappa shape index (κ2) is 6.85. The van der Waals surface area contributed by atoms with E-state index >= 15 is 0 Å². The van der Waals surface area contributed by atoms with Crippen molar-refractivity contribution in [2.24, 2.45) is 0 Å². The van der Waals surface area contributed by atoms with Crippen molar-refractivity contribution in [3.63, 3.8) is 0 Å². The number of carbonyl (C=O) groups is 1. The van der Waals surface area contributed by atoms with Gasteiger partial charge in [-0.3, -0.25) is 9.89 Å². The van der Waals surface area contributed by atoms with Crippen LogP contribution >= 0.6 is 0 Å². The molecule has 0 unspecified atom stereocenters. The van der Waals surface area contributed by atoms with Crippen LogP contribution in [0.3, 0.4) is 0 Å². The summed E-state index contributed by atoms with van der Waals surface area (Å²) >= 11 is 0. The Bertz CT molecular complexity index is 827. The number of nitrogens with one attached hydrogen (secondary N) is 1. The Morgan fingerprint density at radius 3 is 2.83 bits per heavy atom. The van der Waals surface area contributed by atoms with E-state index in [2.05, 4.69) is 15.2 Å². The molecule has 0 saturated carbocycles. The van der Waals surface area contributed by atoms with Gasteiger partial charge in [-0.25, -0.2) is 4.98 Å². The minimum atomic E-state index is -0.217. The van der Waals surface area contributed by atoms with E-state index in [-0.39, 0.29) is 19.1 Å². The van der Waals surface area contributed by atoms with Crippen LogP contribution in [0, 0.1) is 0 Å². The summed E-state index contributed by atoms with van der Waals surface area (Å²) in [6.45, 7) is 0.125. The number of aromatic nitrogens is 3. The highest BCUT2D eigenvalue weighted by atomic mass is 16.3. The largest absolute Gasteiger partial charge is 0.395 e. The van der Waals surface area contributed by atoms with Crippen LogP contribution in [0.5, 0.6) is 0 Å². The maximum absolute atomic E-state index is 12.4. The average Bonchev–Trinajstić information content (AvgIpc) is 3.01. The Labute approximate surface area is 133 Å². The van der Waals surface area contributed by atoms with Crippen molar-refractivity contribution in [2.45, 2.75) is 0 Å². The fraction of sp³-hybridized carbons (Fsp3) is 0.118. The van der Waals surface area contributed by atoms with E-state index in [4.69, 9.17) is 0 Å². The predicted molar refractivity (Wildman–Crippen MR) is 88.8 cm³/mol. The van der Waals surface area contributed by atoms with Gasteiger partial charge in [-0.15, -0.1) is 0 Å². The van der Waals surface area contributed by atoms with Gasteiger partial charge in [0.25, 0.3) is 5.91 Å². The summed E-state index contributed by atoms with van der Waals surface area (Å²) in [5.41, 5.74) is 2.07. The summed E-state index contributed by atoms with van der Waals surface area (Å²) in [5.74, 6) is -0.217. The minimum absolute atomic E-state index is 0.107. The van der Waals surface area contributed by atoms with Gasteiger partial charge < -0.3 is 10.0 Å². The molecule has 0 spiro atoms. The molecule has 3 aromatic rings. The molecule has 0 aliphatic heterocycles. The number of nitrogens with zero attached hydrogens (tertiary/aromatic N) is 3. The van der Waals surface area contributed by atoms with Crippen LogP contribution in [-0.4, -0.2) is 39.3 Å². The van der Waals surface area contributed by atoms with Gasteiger partial charge in [0.15, 0.2) is 5.65 Å². The molecule has 0 bridgehead atoms. The summed E-state index contributed by atoms with van der Waals surface area (Å²) < 4.78 is 0. The summed E-state index contributed by atoms with van der Waals surface area (Å²) in [6, 6.07) is 12.9. The number of rotatable bonds is 5. The Morgan fingerprint density at radius 1 is 1.22 bits per heavy atom. The zero-order chi connectivity index (χ0) is 16.1. The van der Waals surface area contributed by atoms with Crippen molar-refractivity contribution in [3.8, 4) is 0 Å². The molecule has 0 aliphatic carbocycles. The van der Waals surface area contributed by atoms with Gasteiger partial charge in [0.2, 0.25) is 0 Å². The number of para-hydroxylation sites is 1. The van der Waals surface area contributed by atoms with Crippen molar-refractivity contribution in [1.82, 2.24) is 15.2 Å². The Hall–Kier alpha value is -2.99. The van der Waals surface area contributed by atoms with E-state index < -0.39 is 0 Å². The highest BCUT2D eigenvalue weighted by Gasteiger charge is 2.12. The van der Waals surface area contributed by atoms with Crippen molar-refractivity contribution >= 4 is 28.7 Å². The van der Waals surface area contributed by atoms with E-state index in [1.807, 2.05) is 42.5 Å². The lowest BCUT2D eigenvalue weighted by Gasteiger charge is -2.20. The standard InChI is InChI=1S/C17H16N4O2/c22-12-11-21(13-5-2-1-3-6-13)16(23)9-8-15-14-7-4-10-18-17(14)20-19-15/h1-10,22H,11-12H2,(H,18,19,20)/b9-8+. The third-order valence-corrected chi connectivity index (χ3v) is 3.41. The number of H-pyrrole nitrogens is 1. The van der Waals surface area contributed by atoms with Crippen molar-refractivity contribution in [1.29, 1.82) is 0 Å². The number of hydrogen-bond acceptors (Lipinski definition) is 4. The van der Waals surface area contributed by atoms with E-state index in [0.29, 0.717) is 11.3 Å². The first-order valence-electron chi connectivity index (χ1n) is 7.24. The highest BCUT2D eigenvalue weighted by molar-refractivity contribution is 6.04. The van der Waals surface area contributed by atoms with E-state index in [9.17, 15) is 9.90 Å². The zero-order valence-corrected chi connectivity index (χ0v) is 12.4. The molecule has 23 heavy (non-hydrogen) atoms. The number of fused-ring (bicyclic) bond motifs is 1. The molecular formula is C17H16N4O2. The van der Waals surface area contributed by atoms with Crippen LogP contribution in [0.1, 0.15) is 5.69 Å². The number of aliphatic hydroxyl groups is 1. The molecule has 1 aromatic carbocycles. The summed E-state index contributed by atoms with van der Waals surface area (Å²) in [5, 5.41) is 17.0. The molecule has 6 nitrogen and oxygen atoms in total. The monoisotopic (exact) mass is 308 g/mol. The van der Waals surface area contributed by atoms with Crippen molar-refractivity contribution in [2.75, 3.05) is 18.1 Å². The highest BCUT2D eigenvalue weighted by Crippen LogP contribution is 2.16. The lowest BCUT2D eigenvalue weighted by Crippen LogP contribution is -2.32. The molecule has 2 aromatic heterocycles. The Morgan fingerprint density at radius 2 is 2.04 bits per heavy atom. The second-order valence-electron chi connectivity index (χ2n) is 4.89. The number of benzene rings is 1. The topological polar surface area (TPSA) is 82.1 Å². The molecular weight excluding hydrogens is 292 g/mol. The number of aliphatic hydroxyl groups excluding tert-OH is 1. The van der Waals surface area contributed by atoms with Crippen molar-refractivity contribution < 1.29 is 9.90 Å². The molecule has 0 aliphatic rings. The van der Waals surface area contributed by atoms with Crippen LogP contribution in [0.2, 0.25) is 0 Å². The number of aromatic amines is 1. The van der Waals surface area contributed by atoms with Crippen LogP contribution in [-0.2, 0) is 4.79 Å². The number of amides is 1. The molecule has 0 radical (unpaired) electrons. The molecule has 0 saturated heterocycles. The van der Waals surface area contributed by atoms with Crippen LogP contribution in [0.25, 0.3) is 17.1 Å². The van der Waals surface area contributed by atoms with Gasteiger partial charge >= 0.3 is 0 Å². The maximum atomic E-state index is 12.4. The van der Waals surface area contributed by atoms with Crippen LogP contribution < -0.4 is 4.90 Å². The summed E-state index contributed by atoms with van der Waals surface area (Å²) in [4.78, 5) is 18.1. The minimum Gasteiger partial charge on any atom is -0.395 e. The molecule has 6 heteroatoms. The van der Waals surface area contributed by atoms with E-state index in [1.165, 1.54) is 11.0 Å². The molecule has 3 rings (SSSR count). The third kappa shape index (κ3) is 3.27. The smallest absolute Gasteiger partial charge is 0.251 e. The van der Waals surface area contributed by atoms with Gasteiger partial charge in [-0.1, -0.05) is 18.2 Å². The molecule has 0 fully saturated rings. The third-order valence-electron chi connectivity index (χ3n) is 3.41. The molecule has 2 heterocycles. The van der Waals surface area contributed by atoms with Gasteiger partial charge in [0, 0.05) is 29.9 Å². The average molecular weight is 308 g/mol. The molecule has 116 valence electrons. The van der Waals surface area contributed by atoms with Crippen molar-refractivity contribution in [3.05, 3.63) is 60.4 Å². The zero-order valence-electron chi connectivity index (χ0n) is 12.4. The van der Waals surface area contributed by atoms with Gasteiger partial charge in [0.1, 0.15) is 0 Å². The molecule has 0 atom stereocenters. The quantitative estimate of drug-likeness (QED) is 0.706. The SMILES string of the molecule is O=C(/C=C/c1n[nH]c2ncccc12)N(CCO)c1ccccc1. The van der Waals surface area contributed by atoms with Crippen LogP contribution in [0.15, 0.2) is 54.7 Å². The van der Waals surface area contributed by atoms with Gasteiger partial charge in [-0.05, 0) is 30.3 Å².